The van der Waals surface area contributed by atoms with Crippen molar-refractivity contribution in [1.29, 1.82) is 0 Å². The van der Waals surface area contributed by atoms with Gasteiger partial charge < -0.3 is 20.6 Å². The van der Waals surface area contributed by atoms with Crippen molar-refractivity contribution in [3.05, 3.63) is 0 Å². The third-order valence-corrected chi connectivity index (χ3v) is 5.66. The first kappa shape index (κ1) is 16.9. The van der Waals surface area contributed by atoms with Crippen LogP contribution >= 0.6 is 11.8 Å². The number of unbranched alkanes of at least 4 members (excludes halogenated alkanes) is 1. The zero-order valence-electron chi connectivity index (χ0n) is 12.7. The summed E-state index contributed by atoms with van der Waals surface area (Å²) in [6.07, 6.45) is 3.16. The molecule has 0 saturated carbocycles. The van der Waals surface area contributed by atoms with Crippen LogP contribution in [-0.4, -0.2) is 64.6 Å². The Morgan fingerprint density at radius 1 is 1.32 bits per heavy atom. The molecule has 0 radical (unpaired) electrons. The number of urea groups is 1. The molecule has 2 rings (SSSR count). The van der Waals surface area contributed by atoms with Crippen molar-refractivity contribution in [3.63, 3.8) is 0 Å². The second kappa shape index (κ2) is 7.71. The number of thioether (sulfide) groups is 1. The van der Waals surface area contributed by atoms with Gasteiger partial charge in [0.25, 0.3) is 0 Å². The lowest BCUT2D eigenvalue weighted by Crippen LogP contribution is -2.36. The fraction of sp³-hybridized carbons (Fsp3) is 0.786. The van der Waals surface area contributed by atoms with Crippen molar-refractivity contribution in [2.24, 2.45) is 0 Å². The summed E-state index contributed by atoms with van der Waals surface area (Å²) >= 11 is 1.88. The highest BCUT2D eigenvalue weighted by Crippen LogP contribution is 2.33. The smallest absolute Gasteiger partial charge is 0.315 e. The molecule has 0 aliphatic carbocycles. The number of nitrogens with zero attached hydrogens (tertiary/aromatic N) is 1. The SMILES string of the molecule is CN(CCC(=O)O)C(=O)CCCC[C@@H]1SC[C@@H]2NC(=O)N[C@@H]21. The normalized spacial score (nSPS) is 26.2. The third-order valence-electron chi connectivity index (χ3n) is 4.15. The van der Waals surface area contributed by atoms with Crippen LogP contribution in [0.4, 0.5) is 4.79 Å². The highest BCUT2D eigenvalue weighted by Gasteiger charge is 2.42. The molecule has 2 aliphatic heterocycles. The number of fused-ring (bicyclic) bond motifs is 1. The number of hydrogen-bond acceptors (Lipinski definition) is 4. The van der Waals surface area contributed by atoms with Crippen LogP contribution < -0.4 is 10.6 Å². The molecule has 2 fully saturated rings. The first-order chi connectivity index (χ1) is 10.5. The van der Waals surface area contributed by atoms with Crippen molar-refractivity contribution >= 4 is 29.7 Å². The summed E-state index contributed by atoms with van der Waals surface area (Å²) in [6, 6.07) is 0.383. The van der Waals surface area contributed by atoms with Gasteiger partial charge in [0.1, 0.15) is 0 Å². The minimum absolute atomic E-state index is 0.00552. The van der Waals surface area contributed by atoms with Gasteiger partial charge >= 0.3 is 12.0 Å². The third kappa shape index (κ3) is 4.53. The Morgan fingerprint density at radius 3 is 2.82 bits per heavy atom. The van der Waals surface area contributed by atoms with E-state index in [2.05, 4.69) is 10.6 Å². The highest BCUT2D eigenvalue weighted by atomic mass is 32.2. The van der Waals surface area contributed by atoms with Crippen LogP contribution in [0.2, 0.25) is 0 Å². The summed E-state index contributed by atoms with van der Waals surface area (Å²) in [7, 11) is 1.64. The molecule has 0 aromatic heterocycles. The van der Waals surface area contributed by atoms with E-state index in [-0.39, 0.29) is 37.0 Å². The largest absolute Gasteiger partial charge is 0.481 e. The molecule has 3 N–H and O–H groups in total. The summed E-state index contributed by atoms with van der Waals surface area (Å²) < 4.78 is 0. The molecule has 0 aromatic rings. The number of carbonyl (C=O) groups is 3. The molecule has 8 heteroatoms. The Labute approximate surface area is 134 Å². The predicted molar refractivity (Wildman–Crippen MR) is 83.8 cm³/mol. The van der Waals surface area contributed by atoms with Crippen molar-refractivity contribution < 1.29 is 19.5 Å². The summed E-state index contributed by atoms with van der Waals surface area (Å²) in [4.78, 5) is 35.1. The van der Waals surface area contributed by atoms with Crippen molar-refractivity contribution in [1.82, 2.24) is 15.5 Å². The van der Waals surface area contributed by atoms with E-state index in [1.165, 1.54) is 4.90 Å². The van der Waals surface area contributed by atoms with Gasteiger partial charge in [-0.05, 0) is 12.8 Å². The summed E-state index contributed by atoms with van der Waals surface area (Å²) in [5, 5.41) is 14.9. The Kier molecular flexibility index (Phi) is 5.93. The molecule has 124 valence electrons. The Morgan fingerprint density at radius 2 is 2.09 bits per heavy atom. The number of carboxylic acid groups (broad SMARTS) is 1. The number of hydrogen-bond donors (Lipinski definition) is 3. The number of aliphatic carboxylic acids is 1. The lowest BCUT2D eigenvalue weighted by Gasteiger charge is -2.18. The first-order valence-corrected chi connectivity index (χ1v) is 8.66. The van der Waals surface area contributed by atoms with Crippen LogP contribution in [0, 0.1) is 0 Å². The van der Waals surface area contributed by atoms with Crippen LogP contribution in [0.25, 0.3) is 0 Å². The van der Waals surface area contributed by atoms with E-state index in [4.69, 9.17) is 5.11 Å². The van der Waals surface area contributed by atoms with Gasteiger partial charge in [0, 0.05) is 31.0 Å². The van der Waals surface area contributed by atoms with Gasteiger partial charge in [-0.2, -0.15) is 11.8 Å². The Balaban J connectivity index is 1.60. The maximum atomic E-state index is 11.8. The predicted octanol–water partition coefficient (Wildman–Crippen LogP) is 0.645. The quantitative estimate of drug-likeness (QED) is 0.448. The molecule has 3 atom stereocenters. The summed E-state index contributed by atoms with van der Waals surface area (Å²) in [6.45, 7) is 0.258. The standard InChI is InChI=1S/C14H23N3O4S/c1-17(7-6-12(19)20)11(18)5-3-2-4-10-13-9(8-22-10)15-14(21)16-13/h9-10,13H,2-8H2,1H3,(H,19,20)(H2,15,16,21)/t9-,10-,13-/m0/s1. The molecule has 0 aromatic carbocycles. The van der Waals surface area contributed by atoms with Gasteiger partial charge in [-0.25, -0.2) is 4.79 Å². The van der Waals surface area contributed by atoms with Gasteiger partial charge in [0.15, 0.2) is 0 Å². The van der Waals surface area contributed by atoms with E-state index >= 15 is 0 Å². The maximum absolute atomic E-state index is 11.8. The van der Waals surface area contributed by atoms with Gasteiger partial charge in [-0.1, -0.05) is 6.42 Å². The first-order valence-electron chi connectivity index (χ1n) is 7.62. The van der Waals surface area contributed by atoms with E-state index in [0.29, 0.717) is 11.7 Å². The van der Waals surface area contributed by atoms with Crippen LogP contribution in [0.5, 0.6) is 0 Å². The fourth-order valence-corrected chi connectivity index (χ4v) is 4.39. The minimum atomic E-state index is -0.889. The fourth-order valence-electron chi connectivity index (χ4n) is 2.84. The number of carboxylic acids is 1. The lowest BCUT2D eigenvalue weighted by molar-refractivity contribution is -0.138. The molecule has 7 nitrogen and oxygen atoms in total. The molecule has 22 heavy (non-hydrogen) atoms. The molecule has 0 unspecified atom stereocenters. The van der Waals surface area contributed by atoms with Crippen molar-refractivity contribution in [2.75, 3.05) is 19.3 Å². The van der Waals surface area contributed by atoms with Gasteiger partial charge in [0.2, 0.25) is 5.91 Å². The zero-order valence-corrected chi connectivity index (χ0v) is 13.5. The van der Waals surface area contributed by atoms with Gasteiger partial charge in [-0.3, -0.25) is 9.59 Å². The molecule has 2 saturated heterocycles. The average molecular weight is 329 g/mol. The van der Waals surface area contributed by atoms with Gasteiger partial charge in [0.05, 0.1) is 18.5 Å². The minimum Gasteiger partial charge on any atom is -0.481 e. The number of amides is 3. The molecule has 0 bridgehead atoms. The summed E-state index contributed by atoms with van der Waals surface area (Å²) in [5.41, 5.74) is 0. The van der Waals surface area contributed by atoms with Crippen molar-refractivity contribution in [2.45, 2.75) is 49.4 Å². The maximum Gasteiger partial charge on any atom is 0.315 e. The van der Waals surface area contributed by atoms with E-state index in [0.717, 1.165) is 25.0 Å². The number of carbonyl (C=O) groups excluding carboxylic acids is 2. The van der Waals surface area contributed by atoms with Gasteiger partial charge in [-0.15, -0.1) is 0 Å². The Hall–Kier alpha value is -1.44. The summed E-state index contributed by atoms with van der Waals surface area (Å²) in [5.74, 6) is 0.0546. The van der Waals surface area contributed by atoms with Crippen LogP contribution in [0.3, 0.4) is 0 Å². The highest BCUT2D eigenvalue weighted by molar-refractivity contribution is 8.00. The van der Waals surface area contributed by atoms with Crippen LogP contribution in [-0.2, 0) is 9.59 Å². The molecular weight excluding hydrogens is 306 g/mol. The van der Waals surface area contributed by atoms with E-state index in [9.17, 15) is 14.4 Å². The number of rotatable bonds is 8. The molecular formula is C14H23N3O4S. The molecule has 0 spiro atoms. The molecule has 2 heterocycles. The average Bonchev–Trinajstić information content (AvgIpc) is 3.00. The van der Waals surface area contributed by atoms with E-state index in [1.807, 2.05) is 11.8 Å². The second-order valence-corrected chi connectivity index (χ2v) is 7.10. The number of nitrogens with one attached hydrogen (secondary N) is 2. The Bertz CT molecular complexity index is 446. The van der Waals surface area contributed by atoms with Crippen molar-refractivity contribution in [3.8, 4) is 0 Å². The van der Waals surface area contributed by atoms with Crippen LogP contribution in [0.15, 0.2) is 0 Å². The zero-order chi connectivity index (χ0) is 16.1. The topological polar surface area (TPSA) is 98.7 Å². The van der Waals surface area contributed by atoms with E-state index in [1.54, 1.807) is 7.05 Å². The monoisotopic (exact) mass is 329 g/mol. The second-order valence-electron chi connectivity index (χ2n) is 5.83. The molecule has 3 amide bonds. The lowest BCUT2D eigenvalue weighted by atomic mass is 10.0. The van der Waals surface area contributed by atoms with E-state index < -0.39 is 5.97 Å². The molecule has 2 aliphatic rings. The van der Waals surface area contributed by atoms with Crippen LogP contribution in [0.1, 0.15) is 32.1 Å².